The maximum atomic E-state index is 2.53. The average Bonchev–Trinajstić information content (AvgIpc) is 3.82. The average molecular weight is 652 g/mol. The molecule has 0 saturated heterocycles. The molecule has 2 heterocycles. The van der Waals surface area contributed by atoms with E-state index in [9.17, 15) is 0 Å². The molecular formula is C42H28N2Zr. The van der Waals surface area contributed by atoms with Gasteiger partial charge < -0.3 is 0 Å². The van der Waals surface area contributed by atoms with E-state index in [1.807, 2.05) is 0 Å². The first-order valence-electron chi connectivity index (χ1n) is 15.7. The number of aromatic nitrogens is 2. The van der Waals surface area contributed by atoms with Gasteiger partial charge in [0.1, 0.15) is 0 Å². The van der Waals surface area contributed by atoms with Crippen molar-refractivity contribution in [1.29, 1.82) is 0 Å². The maximum absolute atomic E-state index is 2.53. The predicted molar refractivity (Wildman–Crippen MR) is 182 cm³/mol. The molecule has 45 heavy (non-hydrogen) atoms. The SMILES string of the molecule is c1ccc(-n2c3c(c4[c]([Zr][c]5cccc6c5c5c(n6-c6ccccc6)-c6ccccc6C5)cccc42)Cc2ccccc2-3)cc1. The Bertz CT molecular complexity index is 2270. The number of nitrogens with zero attached hydrogens (tertiary/aromatic N) is 2. The molecule has 2 aliphatic rings. The Hall–Kier alpha value is -4.72. The summed E-state index contributed by atoms with van der Waals surface area (Å²) in [6, 6.07) is 54.0. The van der Waals surface area contributed by atoms with E-state index in [4.69, 9.17) is 0 Å². The van der Waals surface area contributed by atoms with Gasteiger partial charge in [-0.15, -0.1) is 0 Å². The number of para-hydroxylation sites is 2. The monoisotopic (exact) mass is 650 g/mol. The Morgan fingerprint density at radius 2 is 0.822 bits per heavy atom. The molecule has 8 aromatic rings. The minimum atomic E-state index is -1.23. The summed E-state index contributed by atoms with van der Waals surface area (Å²) in [6.07, 6.45) is 2.00. The van der Waals surface area contributed by atoms with Crippen LogP contribution in [-0.4, -0.2) is 9.13 Å². The number of benzene rings is 6. The van der Waals surface area contributed by atoms with Gasteiger partial charge in [-0.05, 0) is 0 Å². The number of rotatable bonds is 4. The van der Waals surface area contributed by atoms with Crippen LogP contribution in [0, 0.1) is 0 Å². The predicted octanol–water partition coefficient (Wildman–Crippen LogP) is 8.75. The summed E-state index contributed by atoms with van der Waals surface area (Å²) in [4.78, 5) is 0. The molecule has 0 radical (unpaired) electrons. The van der Waals surface area contributed by atoms with Crippen molar-refractivity contribution in [2.75, 3.05) is 0 Å². The third-order valence-electron chi connectivity index (χ3n) is 9.77. The van der Waals surface area contributed by atoms with Gasteiger partial charge in [0.2, 0.25) is 0 Å². The summed E-state index contributed by atoms with van der Waals surface area (Å²) in [5.74, 6) is 0. The summed E-state index contributed by atoms with van der Waals surface area (Å²) in [6.45, 7) is 0. The Balaban J connectivity index is 1.22. The summed E-state index contributed by atoms with van der Waals surface area (Å²) < 4.78 is 8.19. The summed E-state index contributed by atoms with van der Waals surface area (Å²) in [7, 11) is 0. The van der Waals surface area contributed by atoms with Crippen molar-refractivity contribution in [3.63, 3.8) is 0 Å². The molecule has 0 fully saturated rings. The van der Waals surface area contributed by atoms with Crippen molar-refractivity contribution in [3.05, 3.63) is 168 Å². The van der Waals surface area contributed by atoms with Gasteiger partial charge in [-0.2, -0.15) is 0 Å². The zero-order valence-electron chi connectivity index (χ0n) is 24.7. The van der Waals surface area contributed by atoms with Crippen LogP contribution in [0.15, 0.2) is 146 Å². The van der Waals surface area contributed by atoms with E-state index < -0.39 is 23.2 Å². The van der Waals surface area contributed by atoms with Crippen molar-refractivity contribution < 1.29 is 23.2 Å². The van der Waals surface area contributed by atoms with Crippen LogP contribution < -0.4 is 6.54 Å². The molecule has 2 aromatic heterocycles. The van der Waals surface area contributed by atoms with E-state index in [1.54, 1.807) is 6.54 Å². The second-order valence-corrected chi connectivity index (χ2v) is 15.5. The van der Waals surface area contributed by atoms with Gasteiger partial charge in [0, 0.05) is 0 Å². The van der Waals surface area contributed by atoms with Gasteiger partial charge >= 0.3 is 275 Å². The Morgan fingerprint density at radius 1 is 0.400 bits per heavy atom. The van der Waals surface area contributed by atoms with Crippen LogP contribution in [0.2, 0.25) is 0 Å². The van der Waals surface area contributed by atoms with E-state index in [0.717, 1.165) is 12.8 Å². The van der Waals surface area contributed by atoms with Gasteiger partial charge in [0.05, 0.1) is 0 Å². The minimum absolute atomic E-state index is 0.998. The third kappa shape index (κ3) is 3.71. The molecule has 0 amide bonds. The van der Waals surface area contributed by atoms with E-state index in [2.05, 4.69) is 155 Å². The van der Waals surface area contributed by atoms with Crippen molar-refractivity contribution >= 4 is 28.3 Å². The Morgan fingerprint density at radius 3 is 1.29 bits per heavy atom. The quantitative estimate of drug-likeness (QED) is 0.180. The van der Waals surface area contributed by atoms with Gasteiger partial charge in [-0.1, -0.05) is 0 Å². The van der Waals surface area contributed by atoms with E-state index in [0.29, 0.717) is 0 Å². The van der Waals surface area contributed by atoms with Crippen LogP contribution in [0.3, 0.4) is 0 Å². The summed E-state index contributed by atoms with van der Waals surface area (Å²) >= 11 is -1.23. The van der Waals surface area contributed by atoms with Crippen molar-refractivity contribution in [2.24, 2.45) is 0 Å². The van der Waals surface area contributed by atoms with Crippen LogP contribution >= 0.6 is 0 Å². The fourth-order valence-electron chi connectivity index (χ4n) is 7.98. The van der Waals surface area contributed by atoms with E-state index >= 15 is 0 Å². The van der Waals surface area contributed by atoms with Gasteiger partial charge in [-0.3, -0.25) is 0 Å². The van der Waals surface area contributed by atoms with Gasteiger partial charge in [0.15, 0.2) is 0 Å². The fourth-order valence-corrected chi connectivity index (χ4v) is 11.6. The first-order chi connectivity index (χ1) is 22.3. The topological polar surface area (TPSA) is 9.86 Å². The molecule has 0 atom stereocenters. The normalized spacial score (nSPS) is 12.7. The van der Waals surface area contributed by atoms with Crippen LogP contribution in [0.4, 0.5) is 0 Å². The molecule has 0 bridgehead atoms. The molecule has 0 saturated carbocycles. The Labute approximate surface area is 273 Å². The molecule has 2 nitrogen and oxygen atoms in total. The molecule has 0 spiro atoms. The first-order valence-corrected chi connectivity index (χ1v) is 18.2. The van der Waals surface area contributed by atoms with Crippen molar-refractivity contribution in [2.45, 2.75) is 12.8 Å². The van der Waals surface area contributed by atoms with Crippen LogP contribution in [0.5, 0.6) is 0 Å². The van der Waals surface area contributed by atoms with Crippen LogP contribution in [-0.2, 0) is 36.1 Å². The molecule has 0 N–H and O–H groups in total. The second-order valence-electron chi connectivity index (χ2n) is 12.2. The third-order valence-corrected chi connectivity index (χ3v) is 13.1. The molecule has 6 aromatic carbocycles. The number of hydrogen-bond donors (Lipinski definition) is 0. The van der Waals surface area contributed by atoms with Crippen molar-refractivity contribution in [1.82, 2.24) is 9.13 Å². The van der Waals surface area contributed by atoms with E-state index in [-0.39, 0.29) is 0 Å². The van der Waals surface area contributed by atoms with Gasteiger partial charge in [-0.25, -0.2) is 0 Å². The standard InChI is InChI=1S/2C21H14N.Zr/c2*1-2-9-16(10-3-1)22-20-13-7-6-12-18(20)19-14-15-8-4-5-11-17(15)21(19)22;/h2*1-11,13H,14H2;. The molecule has 210 valence electrons. The fraction of sp³-hybridized carbons (Fsp3) is 0.0476. The number of fused-ring (bicyclic) bond motifs is 10. The summed E-state index contributed by atoms with van der Waals surface area (Å²) in [5, 5.41) is 2.97. The zero-order chi connectivity index (χ0) is 29.5. The van der Waals surface area contributed by atoms with E-state index in [1.165, 1.54) is 77.9 Å². The van der Waals surface area contributed by atoms with Crippen LogP contribution in [0.1, 0.15) is 22.3 Å². The Kier molecular flexibility index (Phi) is 5.63. The van der Waals surface area contributed by atoms with Crippen molar-refractivity contribution in [3.8, 4) is 33.9 Å². The second kappa shape index (κ2) is 9.89. The van der Waals surface area contributed by atoms with Crippen LogP contribution in [0.25, 0.3) is 55.7 Å². The molecular weight excluding hydrogens is 624 g/mol. The first kappa shape index (κ1) is 25.6. The summed E-state index contributed by atoms with van der Waals surface area (Å²) in [5.41, 5.74) is 16.5. The van der Waals surface area contributed by atoms with Gasteiger partial charge in [0.25, 0.3) is 0 Å². The zero-order valence-corrected chi connectivity index (χ0v) is 27.1. The molecule has 0 aliphatic heterocycles. The molecule has 0 unspecified atom stereocenters. The molecule has 10 rings (SSSR count). The molecule has 3 heteroatoms. The molecule has 2 aliphatic carbocycles. The number of hydrogen-bond acceptors (Lipinski definition) is 0.